The SMILES string of the molecule is CCC.CSc1cccc(C(N)CC(=O)O)c1. The Hall–Kier alpha value is -1.00. The number of nitrogens with two attached hydrogens (primary N) is 1. The van der Waals surface area contributed by atoms with Crippen molar-refractivity contribution in [2.75, 3.05) is 6.26 Å². The van der Waals surface area contributed by atoms with E-state index in [2.05, 4.69) is 13.8 Å². The third kappa shape index (κ3) is 7.02. The third-order valence-corrected chi connectivity index (χ3v) is 2.64. The molecule has 0 saturated heterocycles. The maximum Gasteiger partial charge on any atom is 0.305 e. The highest BCUT2D eigenvalue weighted by Crippen LogP contribution is 2.20. The fraction of sp³-hybridized carbons (Fsp3) is 0.462. The summed E-state index contributed by atoms with van der Waals surface area (Å²) < 4.78 is 0. The summed E-state index contributed by atoms with van der Waals surface area (Å²) in [5.74, 6) is -0.868. The van der Waals surface area contributed by atoms with E-state index in [1.54, 1.807) is 11.8 Å². The summed E-state index contributed by atoms with van der Waals surface area (Å²) in [5.41, 5.74) is 6.60. The van der Waals surface area contributed by atoms with Gasteiger partial charge in [-0.3, -0.25) is 4.79 Å². The Kier molecular flexibility index (Phi) is 8.54. The second-order valence-corrected chi connectivity index (χ2v) is 4.57. The molecule has 0 saturated carbocycles. The highest BCUT2D eigenvalue weighted by molar-refractivity contribution is 7.98. The molecule has 17 heavy (non-hydrogen) atoms. The highest BCUT2D eigenvalue weighted by atomic mass is 32.2. The van der Waals surface area contributed by atoms with Gasteiger partial charge in [-0.2, -0.15) is 0 Å². The number of thioether (sulfide) groups is 1. The fourth-order valence-electron chi connectivity index (χ4n) is 1.18. The average molecular weight is 255 g/mol. The topological polar surface area (TPSA) is 63.3 Å². The molecule has 4 heteroatoms. The Morgan fingerprint density at radius 2 is 2.06 bits per heavy atom. The van der Waals surface area contributed by atoms with Crippen LogP contribution >= 0.6 is 11.8 Å². The Labute approximate surface area is 107 Å². The number of benzene rings is 1. The molecule has 0 aliphatic carbocycles. The van der Waals surface area contributed by atoms with Crippen molar-refractivity contribution in [2.24, 2.45) is 5.73 Å². The van der Waals surface area contributed by atoms with Crippen molar-refractivity contribution >= 4 is 17.7 Å². The van der Waals surface area contributed by atoms with Crippen molar-refractivity contribution in [2.45, 2.75) is 37.6 Å². The van der Waals surface area contributed by atoms with Crippen LogP contribution in [0.3, 0.4) is 0 Å². The maximum absolute atomic E-state index is 10.5. The summed E-state index contributed by atoms with van der Waals surface area (Å²) in [7, 11) is 0. The van der Waals surface area contributed by atoms with Gasteiger partial charge in [-0.05, 0) is 24.0 Å². The van der Waals surface area contributed by atoms with E-state index in [0.717, 1.165) is 10.5 Å². The van der Waals surface area contributed by atoms with Crippen LogP contribution in [0.2, 0.25) is 0 Å². The lowest BCUT2D eigenvalue weighted by molar-refractivity contribution is -0.137. The van der Waals surface area contributed by atoms with Gasteiger partial charge in [-0.1, -0.05) is 32.4 Å². The molecule has 1 unspecified atom stereocenters. The molecule has 1 atom stereocenters. The van der Waals surface area contributed by atoms with Gasteiger partial charge in [-0.15, -0.1) is 11.8 Å². The largest absolute Gasteiger partial charge is 0.481 e. The van der Waals surface area contributed by atoms with Gasteiger partial charge in [0.2, 0.25) is 0 Å². The summed E-state index contributed by atoms with van der Waals surface area (Å²) in [6, 6.07) is 7.23. The van der Waals surface area contributed by atoms with Crippen LogP contribution in [0.25, 0.3) is 0 Å². The zero-order valence-electron chi connectivity index (χ0n) is 10.6. The Balaban J connectivity index is 0.000000770. The van der Waals surface area contributed by atoms with Gasteiger partial charge in [0.15, 0.2) is 0 Å². The van der Waals surface area contributed by atoms with E-state index in [0.29, 0.717) is 0 Å². The fourth-order valence-corrected chi connectivity index (χ4v) is 1.65. The Morgan fingerprint density at radius 3 is 2.53 bits per heavy atom. The van der Waals surface area contributed by atoms with Gasteiger partial charge in [0, 0.05) is 10.9 Å². The first-order valence-corrected chi connectivity index (χ1v) is 6.88. The van der Waals surface area contributed by atoms with Crippen LogP contribution in [0.1, 0.15) is 38.3 Å². The van der Waals surface area contributed by atoms with Crippen molar-refractivity contribution in [1.82, 2.24) is 0 Å². The minimum Gasteiger partial charge on any atom is -0.481 e. The van der Waals surface area contributed by atoms with Crippen molar-refractivity contribution in [1.29, 1.82) is 0 Å². The smallest absolute Gasteiger partial charge is 0.305 e. The van der Waals surface area contributed by atoms with Crippen LogP contribution < -0.4 is 5.73 Å². The zero-order chi connectivity index (χ0) is 13.3. The van der Waals surface area contributed by atoms with Gasteiger partial charge >= 0.3 is 5.97 Å². The predicted octanol–water partition coefficient (Wildman–Crippen LogP) is 3.30. The minimum absolute atomic E-state index is 0.0299. The van der Waals surface area contributed by atoms with Gasteiger partial charge in [0.1, 0.15) is 0 Å². The van der Waals surface area contributed by atoms with Crippen molar-refractivity contribution in [3.05, 3.63) is 29.8 Å². The molecule has 0 aromatic heterocycles. The van der Waals surface area contributed by atoms with E-state index < -0.39 is 12.0 Å². The molecule has 0 spiro atoms. The van der Waals surface area contributed by atoms with Crippen LogP contribution in [0.5, 0.6) is 0 Å². The molecular weight excluding hydrogens is 234 g/mol. The summed E-state index contributed by atoms with van der Waals surface area (Å²) >= 11 is 1.62. The van der Waals surface area contributed by atoms with Crippen LogP contribution in [0.4, 0.5) is 0 Å². The molecule has 96 valence electrons. The van der Waals surface area contributed by atoms with E-state index in [4.69, 9.17) is 10.8 Å². The Morgan fingerprint density at radius 1 is 1.47 bits per heavy atom. The lowest BCUT2D eigenvalue weighted by Crippen LogP contribution is -2.14. The number of hydrogen-bond donors (Lipinski definition) is 2. The van der Waals surface area contributed by atoms with E-state index in [1.165, 1.54) is 6.42 Å². The minimum atomic E-state index is -0.868. The van der Waals surface area contributed by atoms with Gasteiger partial charge in [0.25, 0.3) is 0 Å². The molecule has 3 nitrogen and oxygen atoms in total. The quantitative estimate of drug-likeness (QED) is 0.810. The summed E-state index contributed by atoms with van der Waals surface area (Å²) in [6.45, 7) is 4.25. The van der Waals surface area contributed by atoms with Gasteiger partial charge < -0.3 is 10.8 Å². The van der Waals surface area contributed by atoms with E-state index in [1.807, 2.05) is 30.5 Å². The molecule has 0 heterocycles. The number of carbonyl (C=O) groups is 1. The normalized spacial score (nSPS) is 11.3. The molecule has 0 amide bonds. The number of carboxylic acids is 1. The summed E-state index contributed by atoms with van der Waals surface area (Å²) in [6.07, 6.45) is 3.19. The molecule has 0 aliphatic rings. The first-order chi connectivity index (χ1) is 8.04. The van der Waals surface area contributed by atoms with E-state index in [9.17, 15) is 4.79 Å². The molecule has 0 aliphatic heterocycles. The molecule has 1 aromatic carbocycles. The molecule has 1 rings (SSSR count). The molecular formula is C13H21NO2S. The van der Waals surface area contributed by atoms with Crippen LogP contribution in [0.15, 0.2) is 29.2 Å². The lowest BCUT2D eigenvalue weighted by Gasteiger charge is -2.09. The van der Waals surface area contributed by atoms with E-state index >= 15 is 0 Å². The van der Waals surface area contributed by atoms with E-state index in [-0.39, 0.29) is 6.42 Å². The summed E-state index contributed by atoms with van der Waals surface area (Å²) in [4.78, 5) is 11.6. The second kappa shape index (κ2) is 9.07. The number of hydrogen-bond acceptors (Lipinski definition) is 3. The van der Waals surface area contributed by atoms with Crippen LogP contribution in [0, 0.1) is 0 Å². The molecule has 0 fully saturated rings. The summed E-state index contributed by atoms with van der Waals surface area (Å²) in [5, 5.41) is 8.59. The second-order valence-electron chi connectivity index (χ2n) is 3.69. The molecule has 0 radical (unpaired) electrons. The maximum atomic E-state index is 10.5. The molecule has 0 bridgehead atoms. The lowest BCUT2D eigenvalue weighted by atomic mass is 10.1. The highest BCUT2D eigenvalue weighted by Gasteiger charge is 2.10. The molecule has 3 N–H and O–H groups in total. The van der Waals surface area contributed by atoms with Crippen molar-refractivity contribution < 1.29 is 9.90 Å². The third-order valence-electron chi connectivity index (χ3n) is 1.92. The van der Waals surface area contributed by atoms with Gasteiger partial charge in [0.05, 0.1) is 6.42 Å². The van der Waals surface area contributed by atoms with Gasteiger partial charge in [-0.25, -0.2) is 0 Å². The molecule has 1 aromatic rings. The zero-order valence-corrected chi connectivity index (χ0v) is 11.5. The Bertz CT molecular complexity index is 342. The van der Waals surface area contributed by atoms with Crippen LogP contribution in [-0.2, 0) is 4.79 Å². The van der Waals surface area contributed by atoms with Crippen LogP contribution in [-0.4, -0.2) is 17.3 Å². The number of rotatable bonds is 4. The predicted molar refractivity (Wildman–Crippen MR) is 73.4 cm³/mol. The number of carboxylic acid groups (broad SMARTS) is 1. The first kappa shape index (κ1) is 16.0. The first-order valence-electron chi connectivity index (χ1n) is 5.66. The van der Waals surface area contributed by atoms with Crippen molar-refractivity contribution in [3.63, 3.8) is 0 Å². The standard InChI is InChI=1S/C10H13NO2S.C3H8/c1-14-8-4-2-3-7(5-8)9(11)6-10(12)13;1-3-2/h2-5,9H,6,11H2,1H3,(H,12,13);3H2,1-2H3. The number of aliphatic carboxylic acids is 1. The monoisotopic (exact) mass is 255 g/mol. The average Bonchev–Trinajstić information content (AvgIpc) is 2.29. The van der Waals surface area contributed by atoms with Crippen molar-refractivity contribution in [3.8, 4) is 0 Å².